The van der Waals surface area contributed by atoms with E-state index in [0.29, 0.717) is 5.01 Å². The molecule has 2 aromatic carbocycles. The zero-order valence-electron chi connectivity index (χ0n) is 14.1. The van der Waals surface area contributed by atoms with E-state index in [2.05, 4.69) is 9.71 Å². The summed E-state index contributed by atoms with van der Waals surface area (Å²) in [4.78, 5) is 16.6. The van der Waals surface area contributed by atoms with Crippen molar-refractivity contribution in [2.75, 3.05) is 6.54 Å². The molecule has 3 aromatic rings. The maximum Gasteiger partial charge on any atom is 0.338 e. The number of fused-ring (bicyclic) bond motifs is 1. The van der Waals surface area contributed by atoms with Crippen LogP contribution in [0.25, 0.3) is 10.2 Å². The van der Waals surface area contributed by atoms with Crippen LogP contribution in [-0.4, -0.2) is 25.9 Å². The number of nitrogens with one attached hydrogen (secondary N) is 1. The third kappa shape index (κ3) is 4.68. The number of nitrogens with zero attached hydrogens (tertiary/aromatic N) is 2. The lowest BCUT2D eigenvalue weighted by atomic mass is 10.2. The van der Waals surface area contributed by atoms with Gasteiger partial charge in [-0.15, -0.1) is 11.3 Å². The Balaban J connectivity index is 1.62. The lowest BCUT2D eigenvalue weighted by molar-refractivity contribution is 0.0472. The maximum atomic E-state index is 12.2. The lowest BCUT2D eigenvalue weighted by Crippen LogP contribution is -2.24. The number of ether oxygens (including phenoxy) is 1. The fourth-order valence-corrected chi connectivity index (χ4v) is 4.20. The molecular formula is C18H15N3O4S2. The molecule has 0 unspecified atom stereocenters. The molecule has 0 spiro atoms. The van der Waals surface area contributed by atoms with E-state index in [1.54, 1.807) is 0 Å². The monoisotopic (exact) mass is 401 g/mol. The Morgan fingerprint density at radius 1 is 1.19 bits per heavy atom. The van der Waals surface area contributed by atoms with E-state index in [9.17, 15) is 13.2 Å². The second-order valence-electron chi connectivity index (χ2n) is 5.48. The highest BCUT2D eigenvalue weighted by atomic mass is 32.2. The number of esters is 1. The predicted octanol–water partition coefficient (Wildman–Crippen LogP) is 2.85. The van der Waals surface area contributed by atoms with Crippen LogP contribution in [0.15, 0.2) is 53.4 Å². The highest BCUT2D eigenvalue weighted by Crippen LogP contribution is 2.22. The maximum absolute atomic E-state index is 12.2. The van der Waals surface area contributed by atoms with Gasteiger partial charge in [-0.05, 0) is 36.4 Å². The summed E-state index contributed by atoms with van der Waals surface area (Å²) in [5.74, 6) is -0.560. The molecule has 0 bridgehead atoms. The Kier molecular flexibility index (Phi) is 5.81. The summed E-state index contributed by atoms with van der Waals surface area (Å²) in [5, 5.41) is 9.15. The van der Waals surface area contributed by atoms with Crippen LogP contribution in [0.1, 0.15) is 21.8 Å². The average molecular weight is 401 g/mol. The fourth-order valence-electron chi connectivity index (χ4n) is 2.29. The van der Waals surface area contributed by atoms with Gasteiger partial charge >= 0.3 is 5.97 Å². The van der Waals surface area contributed by atoms with Crippen LogP contribution >= 0.6 is 11.3 Å². The first kappa shape index (κ1) is 19.0. The molecular weight excluding hydrogens is 386 g/mol. The second-order valence-corrected chi connectivity index (χ2v) is 8.36. The van der Waals surface area contributed by atoms with Crippen LogP contribution in [0.4, 0.5) is 0 Å². The standard InChI is InChI=1S/C18H15N3O4S2/c19-10-3-11-20-27(23,24)14-8-6-13(7-9-14)18(22)25-12-17-21-15-4-1-2-5-16(15)26-17/h1-2,4-9,20H,3,11-12H2. The van der Waals surface area contributed by atoms with Gasteiger partial charge in [-0.2, -0.15) is 5.26 Å². The van der Waals surface area contributed by atoms with Gasteiger partial charge in [-0.25, -0.2) is 22.9 Å². The minimum atomic E-state index is -3.71. The SMILES string of the molecule is N#CCCNS(=O)(=O)c1ccc(C(=O)OCc2nc3ccccc3s2)cc1. The van der Waals surface area contributed by atoms with Crippen molar-refractivity contribution in [2.45, 2.75) is 17.9 Å². The van der Waals surface area contributed by atoms with E-state index in [1.807, 2.05) is 30.3 Å². The minimum Gasteiger partial charge on any atom is -0.455 e. The second kappa shape index (κ2) is 8.26. The van der Waals surface area contributed by atoms with Gasteiger partial charge in [0.15, 0.2) is 0 Å². The van der Waals surface area contributed by atoms with Crippen molar-refractivity contribution in [2.24, 2.45) is 0 Å². The first-order valence-electron chi connectivity index (χ1n) is 7.98. The van der Waals surface area contributed by atoms with Crippen molar-refractivity contribution < 1.29 is 17.9 Å². The number of benzene rings is 2. The molecule has 9 heteroatoms. The molecule has 0 saturated carbocycles. The van der Waals surface area contributed by atoms with Crippen LogP contribution in [0, 0.1) is 11.3 Å². The number of para-hydroxylation sites is 1. The Labute approximate surface area is 160 Å². The topological polar surface area (TPSA) is 109 Å². The van der Waals surface area contributed by atoms with E-state index in [0.717, 1.165) is 10.2 Å². The molecule has 0 saturated heterocycles. The van der Waals surface area contributed by atoms with Crippen molar-refractivity contribution >= 4 is 37.5 Å². The van der Waals surface area contributed by atoms with Crippen molar-refractivity contribution in [3.8, 4) is 6.07 Å². The smallest absolute Gasteiger partial charge is 0.338 e. The van der Waals surface area contributed by atoms with Crippen molar-refractivity contribution in [3.05, 3.63) is 59.1 Å². The highest BCUT2D eigenvalue weighted by Gasteiger charge is 2.15. The van der Waals surface area contributed by atoms with Crippen LogP contribution in [0.5, 0.6) is 0 Å². The molecule has 27 heavy (non-hydrogen) atoms. The quantitative estimate of drug-likeness (QED) is 0.482. The molecule has 7 nitrogen and oxygen atoms in total. The van der Waals surface area contributed by atoms with Gasteiger partial charge in [0, 0.05) is 13.0 Å². The van der Waals surface area contributed by atoms with Gasteiger partial charge in [-0.3, -0.25) is 0 Å². The zero-order valence-corrected chi connectivity index (χ0v) is 15.7. The van der Waals surface area contributed by atoms with E-state index in [4.69, 9.17) is 10.00 Å². The number of thiazole rings is 1. The van der Waals surface area contributed by atoms with Crippen LogP contribution in [0.2, 0.25) is 0 Å². The van der Waals surface area contributed by atoms with Gasteiger partial charge in [-0.1, -0.05) is 12.1 Å². The number of carbonyl (C=O) groups excluding carboxylic acids is 1. The number of hydrogen-bond donors (Lipinski definition) is 1. The molecule has 1 heterocycles. The summed E-state index contributed by atoms with van der Waals surface area (Å²) in [6.07, 6.45) is 0.0788. The Morgan fingerprint density at radius 2 is 1.93 bits per heavy atom. The normalized spacial score (nSPS) is 11.2. The highest BCUT2D eigenvalue weighted by molar-refractivity contribution is 7.89. The van der Waals surface area contributed by atoms with Gasteiger partial charge < -0.3 is 4.74 Å². The summed E-state index contributed by atoms with van der Waals surface area (Å²) in [5.41, 5.74) is 1.10. The van der Waals surface area contributed by atoms with Crippen LogP contribution in [0.3, 0.4) is 0 Å². The van der Waals surface area contributed by atoms with Gasteiger partial charge in [0.2, 0.25) is 10.0 Å². The number of aromatic nitrogens is 1. The summed E-state index contributed by atoms with van der Waals surface area (Å²) >= 11 is 1.45. The molecule has 3 rings (SSSR count). The van der Waals surface area contributed by atoms with Gasteiger partial charge in [0.05, 0.1) is 26.7 Å². The largest absolute Gasteiger partial charge is 0.455 e. The van der Waals surface area contributed by atoms with Crippen LogP contribution in [-0.2, 0) is 21.4 Å². The minimum absolute atomic E-state index is 0.0168. The molecule has 0 aliphatic heterocycles. The number of hydrogen-bond acceptors (Lipinski definition) is 7. The van der Waals surface area contributed by atoms with E-state index in [-0.39, 0.29) is 30.0 Å². The third-order valence-electron chi connectivity index (χ3n) is 3.59. The Morgan fingerprint density at radius 3 is 2.63 bits per heavy atom. The van der Waals surface area contributed by atoms with Crippen molar-refractivity contribution in [1.29, 1.82) is 5.26 Å². The number of carbonyl (C=O) groups is 1. The van der Waals surface area contributed by atoms with Gasteiger partial charge in [0.1, 0.15) is 11.6 Å². The Bertz CT molecular complexity index is 1070. The molecule has 1 N–H and O–H groups in total. The summed E-state index contributed by atoms with van der Waals surface area (Å²) in [6.45, 7) is 0.0821. The summed E-state index contributed by atoms with van der Waals surface area (Å²) < 4.78 is 32.7. The van der Waals surface area contributed by atoms with Gasteiger partial charge in [0.25, 0.3) is 0 Å². The van der Waals surface area contributed by atoms with Crippen molar-refractivity contribution in [3.63, 3.8) is 0 Å². The molecule has 0 atom stereocenters. The van der Waals surface area contributed by atoms with E-state index < -0.39 is 16.0 Å². The molecule has 0 aliphatic rings. The molecule has 0 fully saturated rings. The fraction of sp³-hybridized carbons (Fsp3) is 0.167. The zero-order chi connectivity index (χ0) is 19.3. The molecule has 0 amide bonds. The van der Waals surface area contributed by atoms with E-state index in [1.165, 1.54) is 35.6 Å². The molecule has 0 radical (unpaired) electrons. The van der Waals surface area contributed by atoms with Crippen molar-refractivity contribution in [1.82, 2.24) is 9.71 Å². The summed E-state index contributed by atoms with van der Waals surface area (Å²) in [7, 11) is -3.71. The molecule has 138 valence electrons. The molecule has 1 aromatic heterocycles. The average Bonchev–Trinajstić information content (AvgIpc) is 3.09. The first-order chi connectivity index (χ1) is 13.0. The van der Waals surface area contributed by atoms with E-state index >= 15 is 0 Å². The lowest BCUT2D eigenvalue weighted by Gasteiger charge is -2.06. The number of rotatable bonds is 7. The number of nitriles is 1. The predicted molar refractivity (Wildman–Crippen MR) is 101 cm³/mol. The summed E-state index contributed by atoms with van der Waals surface area (Å²) in [6, 6.07) is 14.9. The third-order valence-corrected chi connectivity index (χ3v) is 6.08. The number of sulfonamides is 1. The molecule has 0 aliphatic carbocycles. The Hall–Kier alpha value is -2.80. The first-order valence-corrected chi connectivity index (χ1v) is 10.3. The van der Waals surface area contributed by atoms with Crippen LogP contribution < -0.4 is 4.72 Å².